The van der Waals surface area contributed by atoms with Crippen molar-refractivity contribution in [1.82, 2.24) is 24.9 Å². The van der Waals surface area contributed by atoms with Gasteiger partial charge in [0.1, 0.15) is 5.54 Å². The van der Waals surface area contributed by atoms with E-state index in [1.807, 2.05) is 30.8 Å². The fraction of sp³-hybridized carbons (Fsp3) is 0.500. The van der Waals surface area contributed by atoms with Crippen LogP contribution in [0.25, 0.3) is 0 Å². The first-order chi connectivity index (χ1) is 9.84. The van der Waals surface area contributed by atoms with Gasteiger partial charge in [0.25, 0.3) is 0 Å². The molecular formula is C14H20ClN5O. The number of nitrogens with one attached hydrogen (secondary N) is 1. The molecule has 114 valence electrons. The third kappa shape index (κ3) is 3.26. The highest BCUT2D eigenvalue weighted by atomic mass is 35.5. The summed E-state index contributed by atoms with van der Waals surface area (Å²) in [7, 11) is 0. The van der Waals surface area contributed by atoms with Crippen LogP contribution in [0.5, 0.6) is 0 Å². The minimum absolute atomic E-state index is 0.138. The van der Waals surface area contributed by atoms with Crippen LogP contribution in [0, 0.1) is 0 Å². The second-order valence-corrected chi connectivity index (χ2v) is 5.89. The maximum Gasteiger partial charge on any atom is 0.247 e. The van der Waals surface area contributed by atoms with Gasteiger partial charge >= 0.3 is 0 Å². The van der Waals surface area contributed by atoms with Crippen molar-refractivity contribution in [3.05, 3.63) is 35.4 Å². The summed E-state index contributed by atoms with van der Waals surface area (Å²) >= 11 is 5.86. The van der Waals surface area contributed by atoms with E-state index < -0.39 is 5.54 Å². The molecule has 0 aliphatic rings. The molecule has 21 heavy (non-hydrogen) atoms. The van der Waals surface area contributed by atoms with Crippen LogP contribution in [0.1, 0.15) is 39.4 Å². The first kappa shape index (κ1) is 15.6. The molecule has 1 N–H and O–H groups in total. The molecule has 2 aromatic heterocycles. The van der Waals surface area contributed by atoms with E-state index in [2.05, 4.69) is 15.5 Å². The van der Waals surface area contributed by atoms with Gasteiger partial charge in [-0.2, -0.15) is 10.2 Å². The number of amides is 1. The lowest BCUT2D eigenvalue weighted by Gasteiger charge is -2.26. The molecule has 2 aromatic rings. The quantitative estimate of drug-likeness (QED) is 0.922. The Bertz CT molecular complexity index is 631. The molecule has 0 radical (unpaired) electrons. The van der Waals surface area contributed by atoms with Crippen molar-refractivity contribution in [2.24, 2.45) is 0 Å². The summed E-state index contributed by atoms with van der Waals surface area (Å²) in [5.41, 5.74) is 0.00819. The van der Waals surface area contributed by atoms with E-state index in [-0.39, 0.29) is 11.9 Å². The fourth-order valence-corrected chi connectivity index (χ4v) is 2.08. The Kier molecular flexibility index (Phi) is 4.37. The Morgan fingerprint density at radius 3 is 2.76 bits per heavy atom. The SMILES string of the molecule is CCn1ccc(C(C)NC(=O)C(C)(C)n2cc(Cl)cn2)n1. The standard InChI is InChI=1S/C14H20ClN5O/c1-5-19-7-6-12(18-19)10(2)17-13(21)14(3,4)20-9-11(15)8-16-20/h6-10H,5H2,1-4H3,(H,17,21). The van der Waals surface area contributed by atoms with Crippen LogP contribution in [-0.4, -0.2) is 25.5 Å². The van der Waals surface area contributed by atoms with Gasteiger partial charge in [-0.1, -0.05) is 11.6 Å². The van der Waals surface area contributed by atoms with Crippen molar-refractivity contribution < 1.29 is 4.79 Å². The molecule has 2 rings (SSSR count). The summed E-state index contributed by atoms with van der Waals surface area (Å²) in [5.74, 6) is -0.138. The van der Waals surface area contributed by atoms with Gasteiger partial charge in [0.05, 0.1) is 23.0 Å². The van der Waals surface area contributed by atoms with E-state index >= 15 is 0 Å². The Hall–Kier alpha value is -1.82. The van der Waals surface area contributed by atoms with Crippen molar-refractivity contribution >= 4 is 17.5 Å². The number of rotatable bonds is 5. The first-order valence-corrected chi connectivity index (χ1v) is 7.27. The van der Waals surface area contributed by atoms with Gasteiger partial charge < -0.3 is 5.32 Å². The largest absolute Gasteiger partial charge is 0.346 e. The van der Waals surface area contributed by atoms with E-state index in [0.717, 1.165) is 12.2 Å². The van der Waals surface area contributed by atoms with Gasteiger partial charge in [0.2, 0.25) is 5.91 Å². The number of nitrogens with zero attached hydrogens (tertiary/aromatic N) is 4. The topological polar surface area (TPSA) is 64.7 Å². The molecule has 0 saturated carbocycles. The number of hydrogen-bond acceptors (Lipinski definition) is 3. The van der Waals surface area contributed by atoms with Gasteiger partial charge in [0, 0.05) is 18.9 Å². The molecular weight excluding hydrogens is 290 g/mol. The molecule has 0 aliphatic carbocycles. The Balaban J connectivity index is 2.09. The summed E-state index contributed by atoms with van der Waals surface area (Å²) in [6.45, 7) is 8.32. The molecule has 2 heterocycles. The number of aryl methyl sites for hydroxylation is 1. The third-order valence-corrected chi connectivity index (χ3v) is 3.65. The van der Waals surface area contributed by atoms with E-state index in [1.165, 1.54) is 6.20 Å². The lowest BCUT2D eigenvalue weighted by atomic mass is 10.0. The maximum atomic E-state index is 12.5. The smallest absolute Gasteiger partial charge is 0.247 e. The molecule has 0 spiro atoms. The Morgan fingerprint density at radius 2 is 2.24 bits per heavy atom. The zero-order chi connectivity index (χ0) is 15.6. The van der Waals surface area contributed by atoms with Crippen molar-refractivity contribution in [2.45, 2.75) is 45.8 Å². The average molecular weight is 310 g/mol. The van der Waals surface area contributed by atoms with Crippen LogP contribution in [0.15, 0.2) is 24.7 Å². The second-order valence-electron chi connectivity index (χ2n) is 5.45. The number of halogens is 1. The molecule has 6 nitrogen and oxygen atoms in total. The predicted molar refractivity (Wildman–Crippen MR) is 81.0 cm³/mol. The van der Waals surface area contributed by atoms with Crippen molar-refractivity contribution in [3.63, 3.8) is 0 Å². The van der Waals surface area contributed by atoms with Crippen LogP contribution in [-0.2, 0) is 16.9 Å². The monoisotopic (exact) mass is 309 g/mol. The van der Waals surface area contributed by atoms with E-state index in [4.69, 9.17) is 11.6 Å². The van der Waals surface area contributed by atoms with Crippen molar-refractivity contribution in [2.75, 3.05) is 0 Å². The molecule has 0 saturated heterocycles. The number of hydrogen-bond donors (Lipinski definition) is 1. The van der Waals surface area contributed by atoms with Crippen LogP contribution in [0.2, 0.25) is 5.02 Å². The van der Waals surface area contributed by atoms with Crippen LogP contribution < -0.4 is 5.32 Å². The molecule has 0 aliphatic heterocycles. The fourth-order valence-electron chi connectivity index (χ4n) is 1.94. The molecule has 0 aromatic carbocycles. The minimum atomic E-state index is -0.825. The number of carbonyl (C=O) groups is 1. The third-order valence-electron chi connectivity index (χ3n) is 3.46. The average Bonchev–Trinajstić information content (AvgIpc) is 3.07. The number of carbonyl (C=O) groups excluding carboxylic acids is 1. The van der Waals surface area contributed by atoms with Gasteiger partial charge in [-0.3, -0.25) is 14.2 Å². The van der Waals surface area contributed by atoms with Crippen LogP contribution in [0.4, 0.5) is 0 Å². The van der Waals surface area contributed by atoms with Gasteiger partial charge in [-0.15, -0.1) is 0 Å². The summed E-state index contributed by atoms with van der Waals surface area (Å²) in [4.78, 5) is 12.5. The molecule has 0 bridgehead atoms. The second kappa shape index (κ2) is 5.89. The lowest BCUT2D eigenvalue weighted by molar-refractivity contribution is -0.129. The Labute approximate surface area is 129 Å². The van der Waals surface area contributed by atoms with E-state index in [1.54, 1.807) is 24.7 Å². The summed E-state index contributed by atoms with van der Waals surface area (Å²) in [5, 5.41) is 12.0. The normalized spacial score (nSPS) is 13.2. The highest BCUT2D eigenvalue weighted by Gasteiger charge is 2.31. The van der Waals surface area contributed by atoms with Gasteiger partial charge in [-0.05, 0) is 33.8 Å². The predicted octanol–water partition coefficient (Wildman–Crippen LogP) is 2.37. The zero-order valence-electron chi connectivity index (χ0n) is 12.7. The summed E-state index contributed by atoms with van der Waals surface area (Å²) in [6, 6.07) is 1.74. The van der Waals surface area contributed by atoms with Crippen molar-refractivity contribution in [3.8, 4) is 0 Å². The zero-order valence-corrected chi connectivity index (χ0v) is 13.4. The van der Waals surface area contributed by atoms with E-state index in [9.17, 15) is 4.79 Å². The minimum Gasteiger partial charge on any atom is -0.346 e. The maximum absolute atomic E-state index is 12.5. The van der Waals surface area contributed by atoms with Crippen LogP contribution in [0.3, 0.4) is 0 Å². The first-order valence-electron chi connectivity index (χ1n) is 6.89. The molecule has 1 atom stereocenters. The Morgan fingerprint density at radius 1 is 1.52 bits per heavy atom. The highest BCUT2D eigenvalue weighted by Crippen LogP contribution is 2.19. The highest BCUT2D eigenvalue weighted by molar-refractivity contribution is 6.30. The lowest BCUT2D eigenvalue weighted by Crippen LogP contribution is -2.45. The number of aromatic nitrogens is 4. The van der Waals surface area contributed by atoms with Crippen LogP contribution >= 0.6 is 11.6 Å². The summed E-state index contributed by atoms with van der Waals surface area (Å²) < 4.78 is 3.39. The molecule has 1 unspecified atom stereocenters. The van der Waals surface area contributed by atoms with Gasteiger partial charge in [0.15, 0.2) is 0 Å². The van der Waals surface area contributed by atoms with E-state index in [0.29, 0.717) is 5.02 Å². The summed E-state index contributed by atoms with van der Waals surface area (Å²) in [6.07, 6.45) is 5.05. The molecule has 0 fully saturated rings. The van der Waals surface area contributed by atoms with Crippen molar-refractivity contribution in [1.29, 1.82) is 0 Å². The molecule has 1 amide bonds. The van der Waals surface area contributed by atoms with Gasteiger partial charge in [-0.25, -0.2) is 0 Å². The molecule has 7 heteroatoms.